The molecule has 0 fully saturated rings. The van der Waals surface area contributed by atoms with Crippen molar-refractivity contribution in [2.75, 3.05) is 6.54 Å². The van der Waals surface area contributed by atoms with Gasteiger partial charge >= 0.3 is 0 Å². The van der Waals surface area contributed by atoms with Crippen molar-refractivity contribution in [2.45, 2.75) is 6.04 Å². The summed E-state index contributed by atoms with van der Waals surface area (Å²) in [5.41, 5.74) is 8.69. The van der Waals surface area contributed by atoms with Crippen molar-refractivity contribution in [3.63, 3.8) is 0 Å². The number of carbonyl (C=O) groups excluding carboxylic acids is 1. The van der Waals surface area contributed by atoms with E-state index in [2.05, 4.69) is 15.3 Å². The zero-order valence-corrected chi connectivity index (χ0v) is 11.5. The predicted molar refractivity (Wildman–Crippen MR) is 74.6 cm³/mol. The Bertz CT molecular complexity index is 722. The molecule has 0 saturated carbocycles. The number of benzene rings is 1. The number of carbonyl (C=O) groups is 1. The van der Waals surface area contributed by atoms with E-state index in [0.717, 1.165) is 16.7 Å². The molecule has 1 amide bonds. The molecule has 0 aliphatic carbocycles. The van der Waals surface area contributed by atoms with E-state index < -0.39 is 0 Å². The van der Waals surface area contributed by atoms with E-state index in [-0.39, 0.29) is 11.9 Å². The molecule has 1 aliphatic rings. The predicted octanol–water partition coefficient (Wildman–Crippen LogP) is 2.35. The van der Waals surface area contributed by atoms with Crippen LogP contribution in [0, 0.1) is 0 Å². The molecule has 0 bridgehead atoms. The number of aryl methyl sites for hydroxylation is 1. The summed E-state index contributed by atoms with van der Waals surface area (Å²) in [5, 5.41) is 12.2. The van der Waals surface area contributed by atoms with Crippen LogP contribution in [0.1, 0.15) is 22.0 Å². The van der Waals surface area contributed by atoms with E-state index in [1.807, 2.05) is 12.1 Å². The molecule has 3 rings (SSSR count). The molecule has 2 aromatic rings. The molecule has 0 saturated heterocycles. The van der Waals surface area contributed by atoms with Crippen molar-refractivity contribution in [1.29, 1.82) is 0 Å². The molecular weight excluding hydrogens is 278 g/mol. The van der Waals surface area contributed by atoms with Gasteiger partial charge in [-0.05, 0) is 23.3 Å². The van der Waals surface area contributed by atoms with E-state index in [0.29, 0.717) is 17.3 Å². The standard InChI is InChI=1S/C13H12ClN5O/c1-19-12(14)10(6-16-19)7-2-3-8-9(4-7)11(5-15)17-18-13(8)20/h2-4,6,11H,5,15H2,1H3. The number of hydrogen-bond acceptors (Lipinski definition) is 4. The van der Waals surface area contributed by atoms with E-state index in [1.165, 1.54) is 0 Å². The maximum Gasteiger partial charge on any atom is 0.295 e. The Morgan fingerprint density at radius 1 is 1.40 bits per heavy atom. The summed E-state index contributed by atoms with van der Waals surface area (Å²) in [5.74, 6) is -0.339. The molecule has 7 heteroatoms. The van der Waals surface area contributed by atoms with Gasteiger partial charge in [0, 0.05) is 24.7 Å². The molecule has 1 aromatic heterocycles. The van der Waals surface area contributed by atoms with Crippen molar-refractivity contribution >= 4 is 17.5 Å². The van der Waals surface area contributed by atoms with Gasteiger partial charge in [-0.1, -0.05) is 17.7 Å². The maximum atomic E-state index is 11.7. The van der Waals surface area contributed by atoms with Crippen LogP contribution in [0.25, 0.3) is 11.1 Å². The van der Waals surface area contributed by atoms with Crippen molar-refractivity contribution in [2.24, 2.45) is 23.0 Å². The lowest BCUT2D eigenvalue weighted by Crippen LogP contribution is -2.17. The molecule has 6 nitrogen and oxygen atoms in total. The monoisotopic (exact) mass is 289 g/mol. The molecule has 102 valence electrons. The average Bonchev–Trinajstić information content (AvgIpc) is 2.79. The Balaban J connectivity index is 2.14. The van der Waals surface area contributed by atoms with Crippen LogP contribution in [0.4, 0.5) is 0 Å². The second-order valence-electron chi connectivity index (χ2n) is 4.55. The average molecular weight is 290 g/mol. The smallest absolute Gasteiger partial charge is 0.295 e. The zero-order chi connectivity index (χ0) is 14.3. The minimum atomic E-state index is -0.339. The Kier molecular flexibility index (Phi) is 3.11. The fourth-order valence-electron chi connectivity index (χ4n) is 2.23. The highest BCUT2D eigenvalue weighted by molar-refractivity contribution is 6.32. The van der Waals surface area contributed by atoms with Gasteiger partial charge in [0.2, 0.25) is 0 Å². The van der Waals surface area contributed by atoms with Gasteiger partial charge in [0.15, 0.2) is 0 Å². The maximum absolute atomic E-state index is 11.7. The molecule has 1 unspecified atom stereocenters. The van der Waals surface area contributed by atoms with Crippen molar-refractivity contribution in [3.05, 3.63) is 40.7 Å². The van der Waals surface area contributed by atoms with Crippen molar-refractivity contribution in [1.82, 2.24) is 9.78 Å². The van der Waals surface area contributed by atoms with Crippen LogP contribution in [0.3, 0.4) is 0 Å². The Labute approximate surface area is 120 Å². The number of rotatable bonds is 2. The van der Waals surface area contributed by atoms with E-state index in [4.69, 9.17) is 17.3 Å². The van der Waals surface area contributed by atoms with E-state index in [9.17, 15) is 4.79 Å². The first-order valence-corrected chi connectivity index (χ1v) is 6.46. The Morgan fingerprint density at radius 2 is 2.20 bits per heavy atom. The first-order chi connectivity index (χ1) is 9.61. The highest BCUT2D eigenvalue weighted by Crippen LogP contribution is 2.33. The Hall–Kier alpha value is -2.05. The summed E-state index contributed by atoms with van der Waals surface area (Å²) < 4.78 is 1.58. The number of nitrogens with zero attached hydrogens (tertiary/aromatic N) is 4. The number of nitrogens with two attached hydrogens (primary N) is 1. The summed E-state index contributed by atoms with van der Waals surface area (Å²) in [6, 6.07) is 5.15. The van der Waals surface area contributed by atoms with Crippen molar-refractivity contribution in [3.8, 4) is 11.1 Å². The second kappa shape index (κ2) is 4.81. The number of amides is 1. The van der Waals surface area contributed by atoms with E-state index >= 15 is 0 Å². The first kappa shape index (κ1) is 13.0. The minimum absolute atomic E-state index is 0.293. The lowest BCUT2D eigenvalue weighted by molar-refractivity contribution is 0.0985. The van der Waals surface area contributed by atoms with Gasteiger partial charge in [-0.15, -0.1) is 5.11 Å². The molecule has 0 radical (unpaired) electrons. The lowest BCUT2D eigenvalue weighted by atomic mass is 9.95. The molecule has 2 heterocycles. The Morgan fingerprint density at radius 3 is 2.85 bits per heavy atom. The quantitative estimate of drug-likeness (QED) is 0.920. The molecule has 1 aliphatic heterocycles. The summed E-state index contributed by atoms with van der Waals surface area (Å²) in [6.45, 7) is 0.300. The van der Waals surface area contributed by atoms with Gasteiger partial charge < -0.3 is 5.73 Å². The zero-order valence-electron chi connectivity index (χ0n) is 10.7. The second-order valence-corrected chi connectivity index (χ2v) is 4.90. The van der Waals surface area contributed by atoms with Crippen LogP contribution in [0.2, 0.25) is 5.15 Å². The van der Waals surface area contributed by atoms with Gasteiger partial charge in [-0.3, -0.25) is 9.48 Å². The molecular formula is C13H12ClN5O. The number of halogens is 1. The van der Waals surface area contributed by atoms with Crippen LogP contribution < -0.4 is 5.73 Å². The van der Waals surface area contributed by atoms with Crippen LogP contribution >= 0.6 is 11.6 Å². The highest BCUT2D eigenvalue weighted by Gasteiger charge is 2.24. The molecule has 1 atom stereocenters. The molecule has 20 heavy (non-hydrogen) atoms. The third kappa shape index (κ3) is 1.93. The topological polar surface area (TPSA) is 85.6 Å². The SMILES string of the molecule is Cn1ncc(-c2ccc3c(c2)C(CN)N=NC3=O)c1Cl. The molecule has 1 aromatic carbocycles. The van der Waals surface area contributed by atoms with Crippen LogP contribution in [-0.2, 0) is 7.05 Å². The highest BCUT2D eigenvalue weighted by atomic mass is 35.5. The fraction of sp³-hybridized carbons (Fsp3) is 0.231. The van der Waals surface area contributed by atoms with Gasteiger partial charge in [0.1, 0.15) is 11.2 Å². The first-order valence-electron chi connectivity index (χ1n) is 6.09. The van der Waals surface area contributed by atoms with Gasteiger partial charge in [-0.25, -0.2) is 0 Å². The fourth-order valence-corrected chi connectivity index (χ4v) is 2.43. The van der Waals surface area contributed by atoms with Gasteiger partial charge in [-0.2, -0.15) is 10.2 Å². The lowest BCUT2D eigenvalue weighted by Gasteiger charge is -2.17. The normalized spacial score (nSPS) is 17.4. The summed E-state index contributed by atoms with van der Waals surface area (Å²) >= 11 is 6.19. The summed E-state index contributed by atoms with van der Waals surface area (Å²) in [4.78, 5) is 11.7. The van der Waals surface area contributed by atoms with Crippen LogP contribution in [0.15, 0.2) is 34.6 Å². The van der Waals surface area contributed by atoms with Gasteiger partial charge in [0.05, 0.1) is 6.20 Å². The number of fused-ring (bicyclic) bond motifs is 1. The van der Waals surface area contributed by atoms with E-state index in [1.54, 1.807) is 24.0 Å². The third-order valence-corrected chi connectivity index (χ3v) is 3.78. The number of aromatic nitrogens is 2. The summed E-state index contributed by atoms with van der Waals surface area (Å²) in [7, 11) is 1.77. The van der Waals surface area contributed by atoms with Crippen LogP contribution in [0.5, 0.6) is 0 Å². The number of azo groups is 1. The number of hydrogen-bond donors (Lipinski definition) is 1. The molecule has 2 N–H and O–H groups in total. The third-order valence-electron chi connectivity index (χ3n) is 3.33. The van der Waals surface area contributed by atoms with Crippen LogP contribution in [-0.4, -0.2) is 22.2 Å². The summed E-state index contributed by atoms with van der Waals surface area (Å²) in [6.07, 6.45) is 1.69. The van der Waals surface area contributed by atoms with Crippen molar-refractivity contribution < 1.29 is 4.79 Å². The minimum Gasteiger partial charge on any atom is -0.328 e. The van der Waals surface area contributed by atoms with Gasteiger partial charge in [0.25, 0.3) is 5.91 Å². The largest absolute Gasteiger partial charge is 0.328 e. The molecule has 0 spiro atoms.